The third-order valence-corrected chi connectivity index (χ3v) is 6.81. The summed E-state index contributed by atoms with van der Waals surface area (Å²) < 4.78 is 49.7. The number of benzene rings is 2. The first-order valence-electron chi connectivity index (χ1n) is 10.0. The van der Waals surface area contributed by atoms with E-state index in [1.54, 1.807) is 36.4 Å². The molecule has 4 aromatic rings. The van der Waals surface area contributed by atoms with E-state index in [0.29, 0.717) is 22.6 Å². The normalized spacial score (nSPS) is 11.4. The third-order valence-electron chi connectivity index (χ3n) is 5.18. The molecule has 2 aromatic heterocycles. The number of rotatable bonds is 6. The smallest absolute Gasteiger partial charge is 0.177 e. The highest BCUT2D eigenvalue weighted by Crippen LogP contribution is 2.45. The average Bonchev–Trinajstić information content (AvgIpc) is 2.83. The van der Waals surface area contributed by atoms with Gasteiger partial charge in [0.05, 0.1) is 35.4 Å². The second-order valence-corrected chi connectivity index (χ2v) is 10.2. The largest absolute Gasteiger partial charge is 0.497 e. The van der Waals surface area contributed by atoms with Crippen molar-refractivity contribution in [3.8, 4) is 45.1 Å². The predicted octanol–water partition coefficient (Wildman–Crippen LogP) is 5.74. The molecule has 0 amide bonds. The van der Waals surface area contributed by atoms with E-state index in [9.17, 15) is 12.8 Å². The van der Waals surface area contributed by atoms with Crippen molar-refractivity contribution in [2.45, 2.75) is 4.90 Å². The molecular formula is C24H18Cl2FN3O4S. The van der Waals surface area contributed by atoms with Crippen LogP contribution in [0.5, 0.6) is 11.5 Å². The summed E-state index contributed by atoms with van der Waals surface area (Å²) in [5.74, 6) is 0.395. The van der Waals surface area contributed by atoms with Gasteiger partial charge in [0.1, 0.15) is 23.0 Å². The number of methoxy groups -OCH3 is 2. The van der Waals surface area contributed by atoms with Crippen LogP contribution in [0, 0.1) is 5.82 Å². The highest BCUT2D eigenvalue weighted by molar-refractivity contribution is 7.90. The Kier molecular flexibility index (Phi) is 6.93. The lowest BCUT2D eigenvalue weighted by molar-refractivity contribution is 0.394. The molecule has 0 N–H and O–H groups in total. The zero-order valence-corrected chi connectivity index (χ0v) is 21.0. The van der Waals surface area contributed by atoms with Gasteiger partial charge in [-0.2, -0.15) is 0 Å². The molecule has 35 heavy (non-hydrogen) atoms. The summed E-state index contributed by atoms with van der Waals surface area (Å²) in [6.45, 7) is 0. The van der Waals surface area contributed by atoms with Gasteiger partial charge in [0.2, 0.25) is 0 Å². The van der Waals surface area contributed by atoms with Gasteiger partial charge in [-0.05, 0) is 35.9 Å². The topological polar surface area (TPSA) is 91.3 Å². The van der Waals surface area contributed by atoms with Gasteiger partial charge >= 0.3 is 0 Å². The van der Waals surface area contributed by atoms with Gasteiger partial charge in [-0.3, -0.25) is 4.98 Å². The molecule has 0 atom stereocenters. The van der Waals surface area contributed by atoms with Crippen LogP contribution in [-0.4, -0.2) is 44.1 Å². The summed E-state index contributed by atoms with van der Waals surface area (Å²) in [5.41, 5.74) is 1.58. The molecule has 0 bridgehead atoms. The standard InChI is InChI=1S/C24H18Cl2FN3O4S/c1-33-14-8-13(9-15(10-14)34-2)20-21(23-18(25)11-16(12-28-23)35(3,31)32)24(26)30-29-22(20)17-6-4-5-7-19(17)27/h4-12H,1-3H3. The highest BCUT2D eigenvalue weighted by Gasteiger charge is 2.25. The van der Waals surface area contributed by atoms with E-state index in [-0.39, 0.29) is 37.6 Å². The van der Waals surface area contributed by atoms with Crippen LogP contribution >= 0.6 is 23.2 Å². The number of nitrogens with zero attached hydrogens (tertiary/aromatic N) is 3. The number of hydrogen-bond acceptors (Lipinski definition) is 7. The molecule has 0 unspecified atom stereocenters. The molecule has 0 fully saturated rings. The fourth-order valence-electron chi connectivity index (χ4n) is 3.51. The second-order valence-electron chi connectivity index (χ2n) is 7.44. The van der Waals surface area contributed by atoms with E-state index in [2.05, 4.69) is 15.2 Å². The van der Waals surface area contributed by atoms with Crippen LogP contribution in [0.3, 0.4) is 0 Å². The number of pyridine rings is 1. The molecule has 2 heterocycles. The fraction of sp³-hybridized carbons (Fsp3) is 0.125. The van der Waals surface area contributed by atoms with Crippen molar-refractivity contribution in [3.05, 3.63) is 70.7 Å². The lowest BCUT2D eigenvalue weighted by Gasteiger charge is -2.18. The Morgan fingerprint density at radius 1 is 0.886 bits per heavy atom. The minimum atomic E-state index is -3.56. The third kappa shape index (κ3) is 4.93. The van der Waals surface area contributed by atoms with Crippen molar-refractivity contribution in [2.24, 2.45) is 0 Å². The monoisotopic (exact) mass is 533 g/mol. The molecule has 0 spiro atoms. The van der Waals surface area contributed by atoms with Crippen molar-refractivity contribution in [1.29, 1.82) is 0 Å². The molecule has 0 saturated carbocycles. The minimum Gasteiger partial charge on any atom is -0.497 e. The first-order chi connectivity index (χ1) is 16.6. The van der Waals surface area contributed by atoms with Crippen LogP contribution in [0.2, 0.25) is 10.2 Å². The predicted molar refractivity (Wildman–Crippen MR) is 132 cm³/mol. The molecular weight excluding hydrogens is 516 g/mol. The number of aromatic nitrogens is 3. The number of hydrogen-bond donors (Lipinski definition) is 0. The van der Waals surface area contributed by atoms with Crippen LogP contribution in [0.4, 0.5) is 4.39 Å². The van der Waals surface area contributed by atoms with E-state index in [1.807, 2.05) is 0 Å². The maximum Gasteiger partial charge on any atom is 0.177 e. The minimum absolute atomic E-state index is 0.0124. The van der Waals surface area contributed by atoms with E-state index >= 15 is 0 Å². The van der Waals surface area contributed by atoms with Crippen LogP contribution in [0.15, 0.2) is 59.6 Å². The molecule has 2 aromatic carbocycles. The van der Waals surface area contributed by atoms with Gasteiger partial charge in [-0.15, -0.1) is 10.2 Å². The Balaban J connectivity index is 2.13. The fourth-order valence-corrected chi connectivity index (χ4v) is 4.64. The van der Waals surface area contributed by atoms with Gasteiger partial charge in [0.15, 0.2) is 15.0 Å². The molecule has 4 rings (SSSR count). The van der Waals surface area contributed by atoms with Crippen LogP contribution in [0.1, 0.15) is 0 Å². The summed E-state index contributed by atoms with van der Waals surface area (Å²) in [4.78, 5) is 4.22. The zero-order valence-electron chi connectivity index (χ0n) is 18.7. The van der Waals surface area contributed by atoms with Crippen molar-refractivity contribution in [1.82, 2.24) is 15.2 Å². The second kappa shape index (κ2) is 9.77. The Labute approximate surface area is 211 Å². The summed E-state index contributed by atoms with van der Waals surface area (Å²) >= 11 is 13.0. The van der Waals surface area contributed by atoms with Crippen LogP contribution in [-0.2, 0) is 9.84 Å². The molecule has 0 radical (unpaired) electrons. The molecule has 0 saturated heterocycles. The van der Waals surface area contributed by atoms with Crippen molar-refractivity contribution in [2.75, 3.05) is 20.5 Å². The van der Waals surface area contributed by atoms with E-state index in [4.69, 9.17) is 32.7 Å². The maximum absolute atomic E-state index is 14.9. The SMILES string of the molecule is COc1cc(OC)cc(-c2c(-c3ccccc3F)nnc(Cl)c2-c2ncc(S(C)(=O)=O)cc2Cl)c1. The summed E-state index contributed by atoms with van der Waals surface area (Å²) in [7, 11) is -0.567. The quantitative estimate of drug-likeness (QED) is 0.312. The van der Waals surface area contributed by atoms with Crippen molar-refractivity contribution in [3.63, 3.8) is 0 Å². The van der Waals surface area contributed by atoms with Crippen molar-refractivity contribution < 1.29 is 22.3 Å². The Bertz CT molecular complexity index is 1530. The van der Waals surface area contributed by atoms with Gasteiger partial charge < -0.3 is 9.47 Å². The molecule has 7 nitrogen and oxygen atoms in total. The highest BCUT2D eigenvalue weighted by atomic mass is 35.5. The molecule has 180 valence electrons. The first kappa shape index (κ1) is 24.8. The summed E-state index contributed by atoms with van der Waals surface area (Å²) in [6, 6.07) is 12.4. The lowest BCUT2D eigenvalue weighted by Crippen LogP contribution is -2.03. The van der Waals surface area contributed by atoms with Crippen molar-refractivity contribution >= 4 is 33.0 Å². The molecule has 0 aliphatic carbocycles. The van der Waals surface area contributed by atoms with E-state index in [0.717, 1.165) is 6.26 Å². The number of sulfone groups is 1. The van der Waals surface area contributed by atoms with E-state index in [1.165, 1.54) is 32.5 Å². The Morgan fingerprint density at radius 3 is 2.11 bits per heavy atom. The Morgan fingerprint density at radius 2 is 1.54 bits per heavy atom. The zero-order chi connectivity index (χ0) is 25.3. The molecule has 0 aliphatic heterocycles. The molecule has 11 heteroatoms. The summed E-state index contributed by atoms with van der Waals surface area (Å²) in [6.07, 6.45) is 2.22. The lowest BCUT2D eigenvalue weighted by atomic mass is 9.93. The average molecular weight is 534 g/mol. The van der Waals surface area contributed by atoms with Crippen LogP contribution in [0.25, 0.3) is 33.6 Å². The van der Waals surface area contributed by atoms with E-state index < -0.39 is 15.7 Å². The first-order valence-corrected chi connectivity index (χ1v) is 12.7. The Hall–Kier alpha value is -3.27. The van der Waals surface area contributed by atoms with Gasteiger partial charge in [-0.25, -0.2) is 12.8 Å². The number of halogens is 3. The summed E-state index contributed by atoms with van der Waals surface area (Å²) in [5, 5.41) is 8.17. The van der Waals surface area contributed by atoms with Gasteiger partial charge in [0.25, 0.3) is 0 Å². The molecule has 0 aliphatic rings. The van der Waals surface area contributed by atoms with Gasteiger partial charge in [-0.1, -0.05) is 35.3 Å². The van der Waals surface area contributed by atoms with Crippen LogP contribution < -0.4 is 9.47 Å². The van der Waals surface area contributed by atoms with Gasteiger partial charge in [0, 0.05) is 29.6 Å². The maximum atomic E-state index is 14.9. The number of ether oxygens (including phenoxy) is 2.